The molecule has 0 aliphatic heterocycles. The largest absolute Gasteiger partial charge is 0.726 e. The first-order valence-corrected chi connectivity index (χ1v) is 23.8. The lowest BCUT2D eigenvalue weighted by molar-refractivity contribution is -0.121. The summed E-state index contributed by atoms with van der Waals surface area (Å²) in [4.78, 5) is 24.7. The van der Waals surface area contributed by atoms with E-state index < -0.39 is 10.4 Å². The molecule has 0 aromatic carbocycles. The maximum atomic E-state index is 12.4. The van der Waals surface area contributed by atoms with Crippen molar-refractivity contribution in [3.63, 3.8) is 0 Å². The van der Waals surface area contributed by atoms with Gasteiger partial charge in [-0.25, -0.2) is 8.42 Å². The molecule has 0 aromatic rings. The zero-order valence-corrected chi connectivity index (χ0v) is 37.0. The van der Waals surface area contributed by atoms with Crippen LogP contribution in [-0.2, 0) is 24.2 Å². The number of carbonyl (C=O) groups is 2. The quantitative estimate of drug-likeness (QED) is 0.0243. The molecule has 0 spiro atoms. The van der Waals surface area contributed by atoms with E-state index in [2.05, 4.69) is 59.9 Å². The summed E-state index contributed by atoms with van der Waals surface area (Å²) in [5.74, 6) is 0.266. The van der Waals surface area contributed by atoms with Gasteiger partial charge in [0, 0.05) is 32.5 Å². The third-order valence-corrected chi connectivity index (χ3v) is 10.8. The Morgan fingerprint density at radius 3 is 1.15 bits per heavy atom. The van der Waals surface area contributed by atoms with Crippen molar-refractivity contribution < 1.29 is 31.8 Å². The maximum Gasteiger partial charge on any atom is 0.219 e. The fourth-order valence-corrected chi connectivity index (χ4v) is 6.54. The second-order valence-corrected chi connectivity index (χ2v) is 16.9. The van der Waals surface area contributed by atoms with E-state index in [0.717, 1.165) is 58.5 Å². The van der Waals surface area contributed by atoms with Crippen LogP contribution in [0, 0.1) is 5.41 Å². The highest BCUT2D eigenvalue weighted by molar-refractivity contribution is 7.80. The fraction of sp³-hybridized carbons (Fsp3) is 0.867. The number of carbonyl (C=O) groups excluding carboxylic acids is 2. The number of amides is 2. The van der Waals surface area contributed by atoms with Gasteiger partial charge in [-0.3, -0.25) is 13.8 Å². The van der Waals surface area contributed by atoms with E-state index in [1.165, 1.54) is 128 Å². The predicted molar refractivity (Wildman–Crippen MR) is 231 cm³/mol. The first kappa shape index (κ1) is 55.3. The molecule has 0 unspecified atom stereocenters. The summed E-state index contributed by atoms with van der Waals surface area (Å²) in [5.41, 5.74) is -0.0976. The van der Waals surface area contributed by atoms with Crippen molar-refractivity contribution in [2.24, 2.45) is 5.41 Å². The van der Waals surface area contributed by atoms with E-state index in [9.17, 15) is 27.7 Å². The smallest absolute Gasteiger partial charge is 0.219 e. The molecule has 0 aliphatic rings. The molecule has 0 radical (unpaired) electrons. The molecular weight excluding hydrogens is 713 g/mol. The Bertz CT molecular complexity index is 959. The molecule has 3 N–H and O–H groups in total. The van der Waals surface area contributed by atoms with Gasteiger partial charge in [-0.05, 0) is 88.9 Å². The van der Waals surface area contributed by atoms with E-state index in [4.69, 9.17) is 0 Å². The average molecular weight is 800 g/mol. The van der Waals surface area contributed by atoms with Crippen LogP contribution in [0.5, 0.6) is 0 Å². The van der Waals surface area contributed by atoms with Gasteiger partial charge in [0.15, 0.2) is 0 Å². The number of allylic oxidation sites excluding steroid dienone is 4. The summed E-state index contributed by atoms with van der Waals surface area (Å²) in [7, 11) is -3.60. The molecule has 0 atom stereocenters. The van der Waals surface area contributed by atoms with Crippen LogP contribution < -0.4 is 10.6 Å². The van der Waals surface area contributed by atoms with Gasteiger partial charge < -0.3 is 20.3 Å². The number of aliphatic hydroxyl groups is 1. The highest BCUT2D eigenvalue weighted by atomic mass is 32.3. The Kier molecular flexibility index (Phi) is 42.1. The van der Waals surface area contributed by atoms with Gasteiger partial charge in [-0.2, -0.15) is 0 Å². The number of hydrogen-bond acceptors (Lipinski definition) is 7. The molecule has 0 saturated carbocycles. The van der Waals surface area contributed by atoms with Crippen LogP contribution >= 0.6 is 0 Å². The van der Waals surface area contributed by atoms with Gasteiger partial charge in [0.25, 0.3) is 0 Å². The third-order valence-electron chi connectivity index (χ3n) is 10.4. The summed E-state index contributed by atoms with van der Waals surface area (Å²) in [5, 5.41) is 15.8. The summed E-state index contributed by atoms with van der Waals surface area (Å²) in [6, 6.07) is 0. The van der Waals surface area contributed by atoms with Gasteiger partial charge in [0.05, 0.1) is 7.11 Å². The molecule has 0 bridgehead atoms. The van der Waals surface area contributed by atoms with Crippen LogP contribution in [0.1, 0.15) is 220 Å². The normalized spacial score (nSPS) is 12.0. The lowest BCUT2D eigenvalue weighted by Crippen LogP contribution is -2.33. The van der Waals surface area contributed by atoms with Gasteiger partial charge >= 0.3 is 0 Å². The van der Waals surface area contributed by atoms with Gasteiger partial charge in [0.1, 0.15) is 0 Å². The van der Waals surface area contributed by atoms with E-state index in [1.54, 1.807) is 0 Å². The van der Waals surface area contributed by atoms with Crippen LogP contribution in [0.15, 0.2) is 24.3 Å². The number of aliphatic hydroxyl groups excluding tert-OH is 1. The van der Waals surface area contributed by atoms with E-state index in [-0.39, 0.29) is 23.8 Å². The highest BCUT2D eigenvalue weighted by Crippen LogP contribution is 2.29. The molecule has 9 nitrogen and oxygen atoms in total. The minimum Gasteiger partial charge on any atom is -0.726 e. The van der Waals surface area contributed by atoms with Gasteiger partial charge in [-0.15, -0.1) is 0 Å². The van der Waals surface area contributed by atoms with E-state index in [1.807, 2.05) is 0 Å². The average Bonchev–Trinajstić information content (AvgIpc) is 3.15. The van der Waals surface area contributed by atoms with Gasteiger partial charge in [-0.1, -0.05) is 148 Å². The number of rotatable bonds is 39. The standard InChI is InChI=1S/C44H84N2O3.CH4O4S/c1-4-6-8-10-12-14-16-18-20-22-24-26-28-30-32-34-42(48)45-39-36-44(3,38-41-47)37-40-46-43(49)35-33-31-29-27-25-23-21-19-17-15-13-11-9-7-5-2;1-5-6(2,3)4/h20-23,47H,4-19,24-41H2,1-3H3,(H,45,48)(H,46,49);1H3,(H,2,3,4)/p-1/b22-20+,23-21+;. The molecule has 0 fully saturated rings. The zero-order valence-electron chi connectivity index (χ0n) is 36.2. The van der Waals surface area contributed by atoms with Crippen molar-refractivity contribution in [1.82, 2.24) is 10.6 Å². The summed E-state index contributed by atoms with van der Waals surface area (Å²) in [6.07, 6.45) is 45.8. The topological polar surface area (TPSA) is 145 Å². The Morgan fingerprint density at radius 2 is 0.855 bits per heavy atom. The predicted octanol–water partition coefficient (Wildman–Crippen LogP) is 11.6. The summed E-state index contributed by atoms with van der Waals surface area (Å²) >= 11 is 0. The van der Waals surface area contributed by atoms with E-state index in [0.29, 0.717) is 32.4 Å². The lowest BCUT2D eigenvalue weighted by atomic mass is 9.80. The SMILES string of the molecule is CCCCCCCCC/C=C/CCCCCCC(=O)NCCC(C)(CCO)CCNC(=O)CCCCCC/C=C/CCCCCCCCC.COS(=O)(=O)[O-]. The Labute approximate surface area is 340 Å². The third kappa shape index (κ3) is 46.5. The molecule has 0 heterocycles. The van der Waals surface area contributed by atoms with Crippen LogP contribution in [-0.4, -0.2) is 56.7 Å². The maximum absolute atomic E-state index is 12.4. The molecule has 0 saturated heterocycles. The Morgan fingerprint density at radius 1 is 0.564 bits per heavy atom. The van der Waals surface area contributed by atoms with Crippen molar-refractivity contribution in [3.8, 4) is 0 Å². The van der Waals surface area contributed by atoms with Crippen LogP contribution in [0.2, 0.25) is 0 Å². The molecule has 0 aliphatic carbocycles. The fourth-order valence-electron chi connectivity index (χ4n) is 6.54. The van der Waals surface area contributed by atoms with Crippen molar-refractivity contribution in [3.05, 3.63) is 24.3 Å². The van der Waals surface area contributed by atoms with Crippen LogP contribution in [0.25, 0.3) is 0 Å². The Hall–Kier alpha value is -1.75. The van der Waals surface area contributed by atoms with Crippen molar-refractivity contribution >= 4 is 22.2 Å². The van der Waals surface area contributed by atoms with Crippen molar-refractivity contribution in [2.45, 2.75) is 220 Å². The molecule has 2 amide bonds. The number of unbranched alkanes of at least 4 members (excludes halogenated alkanes) is 22. The first-order chi connectivity index (χ1) is 26.5. The monoisotopic (exact) mass is 800 g/mol. The second kappa shape index (κ2) is 41.9. The van der Waals surface area contributed by atoms with E-state index >= 15 is 0 Å². The molecule has 55 heavy (non-hydrogen) atoms. The Balaban J connectivity index is 0. The highest BCUT2D eigenvalue weighted by Gasteiger charge is 2.23. The molecule has 10 heteroatoms. The minimum atomic E-state index is -4.41. The molecule has 0 aromatic heterocycles. The number of nitrogens with one attached hydrogen (secondary N) is 2. The van der Waals surface area contributed by atoms with Crippen LogP contribution in [0.3, 0.4) is 0 Å². The van der Waals surface area contributed by atoms with Crippen molar-refractivity contribution in [2.75, 3.05) is 26.8 Å². The van der Waals surface area contributed by atoms with Crippen molar-refractivity contribution in [1.29, 1.82) is 0 Å². The molecule has 0 rings (SSSR count). The summed E-state index contributed by atoms with van der Waals surface area (Å²) in [6.45, 7) is 8.08. The molecular formula is C45H87N2O7S-. The second-order valence-electron chi connectivity index (χ2n) is 15.7. The van der Waals surface area contributed by atoms with Crippen LogP contribution in [0.4, 0.5) is 0 Å². The first-order valence-electron chi connectivity index (χ1n) is 22.5. The lowest BCUT2D eigenvalue weighted by Gasteiger charge is -2.29. The molecule has 326 valence electrons. The summed E-state index contributed by atoms with van der Waals surface area (Å²) < 4.78 is 31.0. The number of hydrogen-bond donors (Lipinski definition) is 3. The zero-order chi connectivity index (χ0) is 41.1. The van der Waals surface area contributed by atoms with Gasteiger partial charge in [0.2, 0.25) is 22.2 Å². The minimum absolute atomic E-state index is 0.0976.